The zero-order valence-electron chi connectivity index (χ0n) is 13.5. The van der Waals surface area contributed by atoms with E-state index in [-0.39, 0.29) is 17.7 Å². The van der Waals surface area contributed by atoms with E-state index in [1.54, 1.807) is 17.3 Å². The molecular formula is C17H23N3O2S. The van der Waals surface area contributed by atoms with Crippen molar-refractivity contribution >= 4 is 23.6 Å². The summed E-state index contributed by atoms with van der Waals surface area (Å²) in [5, 5.41) is 0. The van der Waals surface area contributed by atoms with Gasteiger partial charge in [-0.15, -0.1) is 0 Å². The monoisotopic (exact) mass is 333 g/mol. The Balaban J connectivity index is 1.59. The van der Waals surface area contributed by atoms with Gasteiger partial charge < -0.3 is 9.80 Å². The second kappa shape index (κ2) is 7.34. The molecule has 0 aliphatic carbocycles. The Morgan fingerprint density at radius 3 is 2.91 bits per heavy atom. The van der Waals surface area contributed by atoms with Gasteiger partial charge in [-0.25, -0.2) is 0 Å². The summed E-state index contributed by atoms with van der Waals surface area (Å²) >= 11 is 1.96. The highest BCUT2D eigenvalue weighted by Gasteiger charge is 2.37. The fourth-order valence-electron chi connectivity index (χ4n) is 3.34. The second-order valence-electron chi connectivity index (χ2n) is 6.33. The molecule has 1 unspecified atom stereocenters. The van der Waals surface area contributed by atoms with Crippen molar-refractivity contribution in [1.82, 2.24) is 14.8 Å². The molecule has 2 amide bonds. The zero-order chi connectivity index (χ0) is 16.2. The maximum atomic E-state index is 12.7. The van der Waals surface area contributed by atoms with Gasteiger partial charge >= 0.3 is 0 Å². The Morgan fingerprint density at radius 2 is 2.22 bits per heavy atom. The van der Waals surface area contributed by atoms with Gasteiger partial charge in [0.25, 0.3) is 0 Å². The topological polar surface area (TPSA) is 53.5 Å². The Hall–Kier alpha value is -1.56. The van der Waals surface area contributed by atoms with Gasteiger partial charge in [0.15, 0.2) is 0 Å². The first-order valence-corrected chi connectivity index (χ1v) is 9.31. The van der Waals surface area contributed by atoms with Gasteiger partial charge in [0.1, 0.15) is 0 Å². The molecule has 5 nitrogen and oxygen atoms in total. The van der Waals surface area contributed by atoms with Crippen LogP contribution in [-0.2, 0) is 16.1 Å². The molecule has 2 saturated heterocycles. The van der Waals surface area contributed by atoms with Crippen LogP contribution in [0.4, 0.5) is 0 Å². The Kier molecular flexibility index (Phi) is 5.20. The lowest BCUT2D eigenvalue weighted by Crippen LogP contribution is -2.43. The molecule has 0 spiro atoms. The summed E-state index contributed by atoms with van der Waals surface area (Å²) in [4.78, 5) is 32.7. The predicted octanol–water partition coefficient (Wildman–Crippen LogP) is 1.78. The molecule has 3 rings (SSSR count). The molecule has 0 N–H and O–H groups in total. The third-order valence-corrected chi connectivity index (χ3v) is 5.79. The third-order valence-electron chi connectivity index (χ3n) is 4.75. The summed E-state index contributed by atoms with van der Waals surface area (Å²) in [7, 11) is 1.90. The standard InChI is InChI=1S/C17H23N3O2S/c1-19(15-4-7-23-8-5-15)17(22)14-9-16(21)20(12-14)11-13-3-2-6-18-10-13/h2-3,6,10,14-15H,4-5,7-9,11-12H2,1H3. The molecule has 2 aliphatic heterocycles. The third kappa shape index (κ3) is 3.86. The number of nitrogens with zero attached hydrogens (tertiary/aromatic N) is 3. The van der Waals surface area contributed by atoms with E-state index >= 15 is 0 Å². The van der Waals surface area contributed by atoms with Crippen LogP contribution in [0.1, 0.15) is 24.8 Å². The van der Waals surface area contributed by atoms with Crippen LogP contribution in [0.2, 0.25) is 0 Å². The van der Waals surface area contributed by atoms with Crippen molar-refractivity contribution in [1.29, 1.82) is 0 Å². The number of likely N-dealkylation sites (tertiary alicyclic amines) is 1. The van der Waals surface area contributed by atoms with Crippen molar-refractivity contribution in [2.75, 3.05) is 25.1 Å². The summed E-state index contributed by atoms with van der Waals surface area (Å²) in [6.45, 7) is 1.07. The quantitative estimate of drug-likeness (QED) is 0.843. The summed E-state index contributed by atoms with van der Waals surface area (Å²) in [5.41, 5.74) is 1.01. The highest BCUT2D eigenvalue weighted by molar-refractivity contribution is 7.99. The van der Waals surface area contributed by atoms with E-state index in [9.17, 15) is 9.59 Å². The lowest BCUT2D eigenvalue weighted by Gasteiger charge is -2.32. The van der Waals surface area contributed by atoms with Crippen molar-refractivity contribution in [3.8, 4) is 0 Å². The van der Waals surface area contributed by atoms with Crippen molar-refractivity contribution < 1.29 is 9.59 Å². The summed E-state index contributed by atoms with van der Waals surface area (Å²) in [6, 6.07) is 4.17. The lowest BCUT2D eigenvalue weighted by molar-refractivity contribution is -0.136. The number of carbonyl (C=O) groups is 2. The van der Waals surface area contributed by atoms with Crippen LogP contribution in [0.3, 0.4) is 0 Å². The largest absolute Gasteiger partial charge is 0.342 e. The van der Waals surface area contributed by atoms with E-state index in [0.29, 0.717) is 25.6 Å². The number of amides is 2. The minimum atomic E-state index is -0.196. The first kappa shape index (κ1) is 16.3. The van der Waals surface area contributed by atoms with Gasteiger partial charge in [-0.1, -0.05) is 6.07 Å². The SMILES string of the molecule is CN(C(=O)C1CC(=O)N(Cc2cccnc2)C1)C1CCSCC1. The van der Waals surface area contributed by atoms with E-state index < -0.39 is 0 Å². The average Bonchev–Trinajstić information content (AvgIpc) is 2.96. The molecule has 2 aliphatic rings. The molecule has 0 saturated carbocycles. The molecule has 1 atom stereocenters. The predicted molar refractivity (Wildman–Crippen MR) is 90.9 cm³/mol. The highest BCUT2D eigenvalue weighted by atomic mass is 32.2. The number of aromatic nitrogens is 1. The van der Waals surface area contributed by atoms with Crippen LogP contribution in [0, 0.1) is 5.92 Å². The smallest absolute Gasteiger partial charge is 0.227 e. The number of pyridine rings is 1. The van der Waals surface area contributed by atoms with Crippen LogP contribution in [0.5, 0.6) is 0 Å². The van der Waals surface area contributed by atoms with Crippen molar-refractivity contribution in [2.45, 2.75) is 31.8 Å². The van der Waals surface area contributed by atoms with Crippen LogP contribution >= 0.6 is 11.8 Å². The molecule has 1 aromatic rings. The molecule has 2 fully saturated rings. The molecule has 124 valence electrons. The van der Waals surface area contributed by atoms with E-state index in [1.165, 1.54) is 0 Å². The fourth-order valence-corrected chi connectivity index (χ4v) is 4.42. The summed E-state index contributed by atoms with van der Waals surface area (Å²) < 4.78 is 0. The first-order chi connectivity index (χ1) is 11.1. The van der Waals surface area contributed by atoms with Crippen LogP contribution in [0.25, 0.3) is 0 Å². The van der Waals surface area contributed by atoms with Gasteiger partial charge in [0.2, 0.25) is 11.8 Å². The van der Waals surface area contributed by atoms with Crippen molar-refractivity contribution in [3.05, 3.63) is 30.1 Å². The highest BCUT2D eigenvalue weighted by Crippen LogP contribution is 2.26. The Labute approximate surface area is 141 Å². The van der Waals surface area contributed by atoms with Gasteiger partial charge in [0, 0.05) is 45.0 Å². The average molecular weight is 333 g/mol. The summed E-state index contributed by atoms with van der Waals surface area (Å²) in [6.07, 6.45) is 5.96. The van der Waals surface area contributed by atoms with Gasteiger partial charge in [-0.3, -0.25) is 14.6 Å². The van der Waals surface area contributed by atoms with Crippen LogP contribution in [-0.4, -0.2) is 57.7 Å². The fraction of sp³-hybridized carbons (Fsp3) is 0.588. The number of rotatable bonds is 4. The van der Waals surface area contributed by atoms with E-state index in [0.717, 1.165) is 29.9 Å². The minimum Gasteiger partial charge on any atom is -0.342 e. The number of hydrogen-bond acceptors (Lipinski definition) is 4. The van der Waals surface area contributed by atoms with Crippen LogP contribution in [0.15, 0.2) is 24.5 Å². The first-order valence-electron chi connectivity index (χ1n) is 8.16. The van der Waals surface area contributed by atoms with Crippen LogP contribution < -0.4 is 0 Å². The normalized spacial score (nSPS) is 22.4. The maximum Gasteiger partial charge on any atom is 0.227 e. The number of hydrogen-bond donors (Lipinski definition) is 0. The Bertz CT molecular complexity index is 560. The van der Waals surface area contributed by atoms with Gasteiger partial charge in [-0.05, 0) is 36.0 Å². The molecule has 0 bridgehead atoms. The lowest BCUT2D eigenvalue weighted by atomic mass is 10.0. The van der Waals surface area contributed by atoms with Crippen molar-refractivity contribution in [3.63, 3.8) is 0 Å². The minimum absolute atomic E-state index is 0.0693. The molecule has 0 radical (unpaired) electrons. The molecular weight excluding hydrogens is 310 g/mol. The van der Waals surface area contributed by atoms with Crippen molar-refractivity contribution in [2.24, 2.45) is 5.92 Å². The maximum absolute atomic E-state index is 12.7. The van der Waals surface area contributed by atoms with E-state index in [2.05, 4.69) is 4.98 Å². The number of thioether (sulfide) groups is 1. The molecule has 0 aromatic carbocycles. The Morgan fingerprint density at radius 1 is 1.43 bits per heavy atom. The zero-order valence-corrected chi connectivity index (χ0v) is 14.3. The van der Waals surface area contributed by atoms with E-state index in [4.69, 9.17) is 0 Å². The molecule has 1 aromatic heterocycles. The van der Waals surface area contributed by atoms with Gasteiger partial charge in [0.05, 0.1) is 5.92 Å². The van der Waals surface area contributed by atoms with Gasteiger partial charge in [-0.2, -0.15) is 11.8 Å². The molecule has 23 heavy (non-hydrogen) atoms. The molecule has 6 heteroatoms. The van der Waals surface area contributed by atoms with E-state index in [1.807, 2.05) is 35.8 Å². The summed E-state index contributed by atoms with van der Waals surface area (Å²) in [5.74, 6) is 2.25. The molecule has 3 heterocycles. The second-order valence-corrected chi connectivity index (χ2v) is 7.55. The number of carbonyl (C=O) groups excluding carboxylic acids is 2.